The predicted octanol–water partition coefficient (Wildman–Crippen LogP) is 5.73. The quantitative estimate of drug-likeness (QED) is 0.373. The summed E-state index contributed by atoms with van der Waals surface area (Å²) in [7, 11) is 0. The average molecular weight is 445 g/mol. The molecular formula is C28H44O4. The molecule has 180 valence electrons. The van der Waals surface area contributed by atoms with E-state index in [1.807, 2.05) is 6.92 Å². The van der Waals surface area contributed by atoms with Crippen molar-refractivity contribution in [3.05, 3.63) is 22.8 Å². The van der Waals surface area contributed by atoms with Crippen LogP contribution < -0.4 is 0 Å². The molecule has 0 aromatic heterocycles. The highest BCUT2D eigenvalue weighted by Gasteiger charge is 2.60. The molecule has 3 N–H and O–H groups in total. The molecule has 0 heterocycles. The van der Waals surface area contributed by atoms with Gasteiger partial charge in [0.15, 0.2) is 0 Å². The van der Waals surface area contributed by atoms with Crippen molar-refractivity contribution in [1.82, 2.24) is 0 Å². The minimum absolute atomic E-state index is 0.0397. The maximum atomic E-state index is 11.3. The third-order valence-electron chi connectivity index (χ3n) is 10.9. The standard InChI is InChI=1S/C28H44O4/c1-16(17(2)26(31)32)15-24(29)18(3)21-11-12-22-20-10-9-19-7-6-8-25(30)28(19,5)23(20)13-14-27(21,22)4/h9,18,20-25,29-30H,6-8,10-15H2,1-5H3,(H,31,32)/t18-,20-,21+,22-,23-,24?,25?,27+,28-/m0/s1. The van der Waals surface area contributed by atoms with Crippen molar-refractivity contribution in [2.24, 2.45) is 40.4 Å². The molecule has 0 bridgehead atoms. The summed E-state index contributed by atoms with van der Waals surface area (Å²) in [5.74, 6) is 1.61. The van der Waals surface area contributed by atoms with Gasteiger partial charge in [-0.2, -0.15) is 0 Å². The van der Waals surface area contributed by atoms with Gasteiger partial charge >= 0.3 is 5.97 Å². The van der Waals surface area contributed by atoms with Crippen LogP contribution in [0.15, 0.2) is 22.8 Å². The van der Waals surface area contributed by atoms with E-state index in [0.717, 1.165) is 37.7 Å². The molecule has 0 aromatic carbocycles. The molecule has 0 aliphatic heterocycles. The Morgan fingerprint density at radius 2 is 1.88 bits per heavy atom. The van der Waals surface area contributed by atoms with Crippen LogP contribution in [0.4, 0.5) is 0 Å². The number of aliphatic hydroxyl groups excluding tert-OH is 2. The Morgan fingerprint density at radius 3 is 2.56 bits per heavy atom. The number of aliphatic hydroxyl groups is 2. The molecule has 2 unspecified atom stereocenters. The Bertz CT molecular complexity index is 812. The lowest BCUT2D eigenvalue weighted by Gasteiger charge is -2.59. The van der Waals surface area contributed by atoms with Crippen molar-refractivity contribution in [2.75, 3.05) is 0 Å². The zero-order valence-electron chi connectivity index (χ0n) is 20.7. The number of carboxylic acids is 1. The van der Waals surface area contributed by atoms with Crippen LogP contribution in [0.3, 0.4) is 0 Å². The number of hydrogen-bond acceptors (Lipinski definition) is 3. The SMILES string of the molecule is CC(CC(O)[C@@H](C)[C@H]1CC[C@H]2[C@@H]3CC=C4CCCC(O)[C@]4(C)[C@H]3CC[C@]12C)=C(C)C(=O)O. The number of carboxylic acid groups (broad SMARTS) is 1. The fraction of sp³-hybridized carbons (Fsp3) is 0.821. The minimum atomic E-state index is -0.892. The largest absolute Gasteiger partial charge is 0.478 e. The fourth-order valence-electron chi connectivity index (χ4n) is 8.72. The van der Waals surface area contributed by atoms with Crippen molar-refractivity contribution >= 4 is 5.97 Å². The molecule has 4 heteroatoms. The number of hydrogen-bond donors (Lipinski definition) is 3. The topological polar surface area (TPSA) is 77.8 Å². The number of aliphatic carboxylic acids is 1. The summed E-state index contributed by atoms with van der Waals surface area (Å²) in [5.41, 5.74) is 2.85. The van der Waals surface area contributed by atoms with Gasteiger partial charge in [-0.25, -0.2) is 4.79 Å². The number of carbonyl (C=O) groups is 1. The third-order valence-corrected chi connectivity index (χ3v) is 10.9. The summed E-state index contributed by atoms with van der Waals surface area (Å²) in [6.45, 7) is 10.5. The van der Waals surface area contributed by atoms with Crippen LogP contribution >= 0.6 is 0 Å². The maximum Gasteiger partial charge on any atom is 0.331 e. The van der Waals surface area contributed by atoms with Crippen molar-refractivity contribution in [3.8, 4) is 0 Å². The van der Waals surface area contributed by atoms with E-state index in [1.165, 1.54) is 24.8 Å². The van der Waals surface area contributed by atoms with E-state index in [-0.39, 0.29) is 22.9 Å². The molecule has 32 heavy (non-hydrogen) atoms. The molecule has 0 saturated heterocycles. The molecule has 0 aromatic rings. The van der Waals surface area contributed by atoms with Gasteiger partial charge < -0.3 is 15.3 Å². The maximum absolute atomic E-state index is 11.3. The van der Waals surface area contributed by atoms with Crippen LogP contribution in [0.1, 0.15) is 92.4 Å². The van der Waals surface area contributed by atoms with Gasteiger partial charge in [-0.05, 0) is 107 Å². The molecular weight excluding hydrogens is 400 g/mol. The second-order valence-corrected chi connectivity index (χ2v) is 12.1. The summed E-state index contributed by atoms with van der Waals surface area (Å²) in [6, 6.07) is 0. The summed E-state index contributed by atoms with van der Waals surface area (Å²) in [5, 5.41) is 31.4. The lowest BCUT2D eigenvalue weighted by molar-refractivity contribution is -0.132. The lowest BCUT2D eigenvalue weighted by Crippen LogP contribution is -2.54. The Labute approximate surface area is 194 Å². The van der Waals surface area contributed by atoms with Gasteiger partial charge in [0.2, 0.25) is 0 Å². The summed E-state index contributed by atoms with van der Waals surface area (Å²) in [6.07, 6.45) is 11.3. The molecule has 0 radical (unpaired) electrons. The zero-order valence-corrected chi connectivity index (χ0v) is 20.7. The molecule has 0 spiro atoms. The first-order valence-electron chi connectivity index (χ1n) is 13.0. The summed E-state index contributed by atoms with van der Waals surface area (Å²) in [4.78, 5) is 11.3. The minimum Gasteiger partial charge on any atom is -0.478 e. The summed E-state index contributed by atoms with van der Waals surface area (Å²) >= 11 is 0. The van der Waals surface area contributed by atoms with E-state index in [4.69, 9.17) is 0 Å². The van der Waals surface area contributed by atoms with Gasteiger partial charge in [-0.3, -0.25) is 0 Å². The second kappa shape index (κ2) is 8.58. The van der Waals surface area contributed by atoms with E-state index in [2.05, 4.69) is 26.8 Å². The number of rotatable bonds is 5. The normalized spacial score (nSPS) is 43.8. The van der Waals surface area contributed by atoms with Crippen LogP contribution in [-0.2, 0) is 4.79 Å². The van der Waals surface area contributed by atoms with Gasteiger partial charge in [-0.1, -0.05) is 38.0 Å². The van der Waals surface area contributed by atoms with Crippen molar-refractivity contribution in [3.63, 3.8) is 0 Å². The Hall–Kier alpha value is -1.13. The first kappa shape index (κ1) is 24.0. The Balaban J connectivity index is 1.53. The highest BCUT2D eigenvalue weighted by molar-refractivity contribution is 5.86. The molecule has 3 fully saturated rings. The van der Waals surface area contributed by atoms with Crippen LogP contribution in [-0.4, -0.2) is 33.5 Å². The van der Waals surface area contributed by atoms with Crippen molar-refractivity contribution in [2.45, 2.75) is 105 Å². The first-order chi connectivity index (χ1) is 15.0. The average Bonchev–Trinajstić information content (AvgIpc) is 3.10. The van der Waals surface area contributed by atoms with Crippen LogP contribution in [0.5, 0.6) is 0 Å². The molecule has 3 saturated carbocycles. The van der Waals surface area contributed by atoms with E-state index in [9.17, 15) is 20.1 Å². The molecule has 4 aliphatic carbocycles. The number of fused-ring (bicyclic) bond motifs is 5. The third kappa shape index (κ3) is 3.60. The smallest absolute Gasteiger partial charge is 0.331 e. The lowest BCUT2D eigenvalue weighted by atomic mass is 9.46. The van der Waals surface area contributed by atoms with Gasteiger partial charge in [0.1, 0.15) is 0 Å². The molecule has 4 aliphatic rings. The van der Waals surface area contributed by atoms with Crippen molar-refractivity contribution < 1.29 is 20.1 Å². The molecule has 4 rings (SSSR count). The van der Waals surface area contributed by atoms with E-state index < -0.39 is 12.1 Å². The predicted molar refractivity (Wildman–Crippen MR) is 127 cm³/mol. The van der Waals surface area contributed by atoms with Gasteiger partial charge in [-0.15, -0.1) is 0 Å². The van der Waals surface area contributed by atoms with Gasteiger partial charge in [0.05, 0.1) is 12.2 Å². The van der Waals surface area contributed by atoms with Crippen LogP contribution in [0.25, 0.3) is 0 Å². The van der Waals surface area contributed by atoms with E-state index >= 15 is 0 Å². The highest BCUT2D eigenvalue weighted by atomic mass is 16.4. The monoisotopic (exact) mass is 444 g/mol. The van der Waals surface area contributed by atoms with Crippen molar-refractivity contribution in [1.29, 1.82) is 0 Å². The van der Waals surface area contributed by atoms with E-state index in [0.29, 0.717) is 35.7 Å². The zero-order chi connectivity index (χ0) is 23.4. The molecule has 9 atom stereocenters. The Kier molecular flexibility index (Phi) is 6.44. The van der Waals surface area contributed by atoms with Gasteiger partial charge in [0.25, 0.3) is 0 Å². The van der Waals surface area contributed by atoms with E-state index in [1.54, 1.807) is 6.92 Å². The molecule has 0 amide bonds. The van der Waals surface area contributed by atoms with Gasteiger partial charge in [0, 0.05) is 11.0 Å². The highest BCUT2D eigenvalue weighted by Crippen LogP contribution is 2.67. The van der Waals surface area contributed by atoms with Crippen LogP contribution in [0, 0.1) is 40.4 Å². The molecule has 4 nitrogen and oxygen atoms in total. The van der Waals surface area contributed by atoms with Crippen LogP contribution in [0.2, 0.25) is 0 Å². The Morgan fingerprint density at radius 1 is 1.16 bits per heavy atom. The first-order valence-corrected chi connectivity index (χ1v) is 13.0. The number of allylic oxidation sites excluding steroid dienone is 1. The fourth-order valence-corrected chi connectivity index (χ4v) is 8.72. The second-order valence-electron chi connectivity index (χ2n) is 12.1. The summed E-state index contributed by atoms with van der Waals surface area (Å²) < 4.78 is 0.